The fraction of sp³-hybridized carbons (Fsp3) is 0.158. The third kappa shape index (κ3) is 3.71. The zero-order valence-electron chi connectivity index (χ0n) is 15.3. The molecule has 4 N–H and O–H groups in total. The number of aromatic amines is 1. The molecule has 28 heavy (non-hydrogen) atoms. The monoisotopic (exact) mass is 374 g/mol. The van der Waals surface area contributed by atoms with Gasteiger partial charge in [0.2, 0.25) is 5.95 Å². The Morgan fingerprint density at radius 1 is 1.04 bits per heavy atom. The highest BCUT2D eigenvalue weighted by Gasteiger charge is 2.14. The van der Waals surface area contributed by atoms with E-state index >= 15 is 0 Å². The molecule has 0 amide bonds. The summed E-state index contributed by atoms with van der Waals surface area (Å²) in [6, 6.07) is 14.9. The van der Waals surface area contributed by atoms with Gasteiger partial charge in [0.25, 0.3) is 0 Å². The second-order valence-corrected chi connectivity index (χ2v) is 6.34. The molecule has 0 aliphatic rings. The average Bonchev–Trinajstić information content (AvgIpc) is 3.16. The van der Waals surface area contributed by atoms with Gasteiger partial charge in [-0.25, -0.2) is 4.98 Å². The van der Waals surface area contributed by atoms with E-state index in [0.717, 1.165) is 16.5 Å². The van der Waals surface area contributed by atoms with Crippen LogP contribution in [0.2, 0.25) is 0 Å². The highest BCUT2D eigenvalue weighted by molar-refractivity contribution is 6.58. The Balaban J connectivity index is 1.63. The normalized spacial score (nSPS) is 11.0. The number of nitrogens with zero attached hydrogens (tertiary/aromatic N) is 4. The average molecular weight is 374 g/mol. The number of H-pyrrole nitrogens is 1. The van der Waals surface area contributed by atoms with Crippen LogP contribution in [-0.4, -0.2) is 42.3 Å². The number of anilines is 1. The van der Waals surface area contributed by atoms with Crippen LogP contribution in [0.15, 0.2) is 48.5 Å². The minimum atomic E-state index is -1.50. The molecule has 140 valence electrons. The van der Waals surface area contributed by atoms with E-state index in [4.69, 9.17) is 0 Å². The molecule has 0 saturated carbocycles. The maximum atomic E-state index is 9.32. The van der Waals surface area contributed by atoms with Crippen LogP contribution in [0.4, 0.5) is 5.95 Å². The van der Waals surface area contributed by atoms with Gasteiger partial charge in [0.05, 0.1) is 5.52 Å². The largest absolute Gasteiger partial charge is 0.488 e. The Morgan fingerprint density at radius 3 is 2.71 bits per heavy atom. The molecule has 2 aromatic carbocycles. The molecule has 2 aromatic heterocycles. The Hall–Kier alpha value is -3.30. The van der Waals surface area contributed by atoms with E-state index in [9.17, 15) is 10.0 Å². The van der Waals surface area contributed by atoms with Crippen molar-refractivity contribution >= 4 is 29.4 Å². The first-order valence-electron chi connectivity index (χ1n) is 9.01. The van der Waals surface area contributed by atoms with Crippen molar-refractivity contribution in [3.8, 4) is 11.5 Å². The third-order valence-corrected chi connectivity index (χ3v) is 4.38. The number of nitrogens with one attached hydrogen (secondary N) is 2. The van der Waals surface area contributed by atoms with Crippen molar-refractivity contribution in [2.24, 2.45) is 0 Å². The third-order valence-electron chi connectivity index (χ3n) is 4.38. The molecule has 0 radical (unpaired) electrons. The topological polar surface area (TPSA) is 120 Å². The minimum absolute atomic E-state index is 0.438. The summed E-state index contributed by atoms with van der Waals surface area (Å²) in [6.45, 7) is 2.42. The predicted molar refractivity (Wildman–Crippen MR) is 108 cm³/mol. The lowest BCUT2D eigenvalue weighted by molar-refractivity contribution is 0.425. The van der Waals surface area contributed by atoms with Gasteiger partial charge in [-0.3, -0.25) is 5.10 Å². The molecule has 0 fully saturated rings. The summed E-state index contributed by atoms with van der Waals surface area (Å²) >= 11 is 0. The van der Waals surface area contributed by atoms with Gasteiger partial charge in [-0.2, -0.15) is 15.1 Å². The molecule has 0 saturated heterocycles. The Morgan fingerprint density at radius 2 is 1.89 bits per heavy atom. The summed E-state index contributed by atoms with van der Waals surface area (Å²) in [6.07, 6.45) is 0.665. The summed E-state index contributed by atoms with van der Waals surface area (Å²) in [5, 5.41) is 30.2. The van der Waals surface area contributed by atoms with Crippen molar-refractivity contribution < 1.29 is 10.0 Å². The molecule has 0 bridgehead atoms. The first kappa shape index (κ1) is 18.1. The van der Waals surface area contributed by atoms with Crippen LogP contribution < -0.4 is 10.8 Å². The fourth-order valence-electron chi connectivity index (χ4n) is 2.94. The van der Waals surface area contributed by atoms with Gasteiger partial charge in [0, 0.05) is 18.4 Å². The van der Waals surface area contributed by atoms with Crippen LogP contribution in [0.5, 0.6) is 0 Å². The SMILES string of the molecule is CCc1nc(NCc2cccc(B(O)O)c2)nc(-c2n[nH]c3ccccc23)n1. The molecular formula is C19H19BN6O2. The molecule has 0 aliphatic carbocycles. The second-order valence-electron chi connectivity index (χ2n) is 6.34. The standard InChI is InChI=1S/C19H19BN6O2/c1-2-16-22-18(17-14-8-3-4-9-15(14)25-26-17)24-19(23-16)21-11-12-6-5-7-13(10-12)20(27)28/h3-10,27-28H,2,11H2,1H3,(H,25,26)(H,21,22,23,24). The van der Waals surface area contributed by atoms with Gasteiger partial charge >= 0.3 is 7.12 Å². The Kier molecular flexibility index (Phi) is 5.01. The lowest BCUT2D eigenvalue weighted by Gasteiger charge is -2.09. The zero-order chi connectivity index (χ0) is 19.5. The Labute approximate surface area is 161 Å². The van der Waals surface area contributed by atoms with Gasteiger partial charge in [0.1, 0.15) is 11.5 Å². The summed E-state index contributed by atoms with van der Waals surface area (Å²) in [7, 11) is -1.50. The van der Waals surface area contributed by atoms with Crippen LogP contribution in [0.1, 0.15) is 18.3 Å². The number of para-hydroxylation sites is 1. The molecule has 0 atom stereocenters. The maximum absolute atomic E-state index is 9.32. The van der Waals surface area contributed by atoms with Crippen molar-refractivity contribution in [2.45, 2.75) is 19.9 Å². The predicted octanol–water partition coefficient (Wildman–Crippen LogP) is 1.27. The Bertz CT molecular complexity index is 1110. The number of hydrogen-bond donors (Lipinski definition) is 4. The summed E-state index contributed by atoms with van der Waals surface area (Å²) in [5.74, 6) is 1.62. The zero-order valence-corrected chi connectivity index (χ0v) is 15.3. The molecule has 8 nitrogen and oxygen atoms in total. The molecule has 4 rings (SSSR count). The van der Waals surface area contributed by atoms with E-state index in [1.807, 2.05) is 37.3 Å². The summed E-state index contributed by atoms with van der Waals surface area (Å²) in [5.41, 5.74) is 2.93. The van der Waals surface area contributed by atoms with E-state index in [1.165, 1.54) is 0 Å². The molecule has 2 heterocycles. The van der Waals surface area contributed by atoms with Gasteiger partial charge < -0.3 is 15.4 Å². The molecule has 0 aliphatic heterocycles. The van der Waals surface area contributed by atoms with Gasteiger partial charge in [-0.05, 0) is 17.1 Å². The van der Waals surface area contributed by atoms with Crippen LogP contribution in [0, 0.1) is 0 Å². The van der Waals surface area contributed by atoms with Gasteiger partial charge in [0.15, 0.2) is 5.82 Å². The van der Waals surface area contributed by atoms with Crippen LogP contribution >= 0.6 is 0 Å². The van der Waals surface area contributed by atoms with Crippen molar-refractivity contribution in [1.82, 2.24) is 25.1 Å². The van der Waals surface area contributed by atoms with E-state index < -0.39 is 7.12 Å². The van der Waals surface area contributed by atoms with Gasteiger partial charge in [-0.1, -0.05) is 49.4 Å². The van der Waals surface area contributed by atoms with E-state index in [-0.39, 0.29) is 0 Å². The number of hydrogen-bond acceptors (Lipinski definition) is 7. The van der Waals surface area contributed by atoms with Crippen LogP contribution in [0.3, 0.4) is 0 Å². The number of aromatic nitrogens is 5. The number of rotatable bonds is 6. The first-order valence-corrected chi connectivity index (χ1v) is 9.01. The number of fused-ring (bicyclic) bond motifs is 1. The number of benzene rings is 2. The first-order chi connectivity index (χ1) is 13.6. The lowest BCUT2D eigenvalue weighted by Crippen LogP contribution is -2.30. The summed E-state index contributed by atoms with van der Waals surface area (Å²) in [4.78, 5) is 13.5. The van der Waals surface area contributed by atoms with Gasteiger partial charge in [-0.15, -0.1) is 0 Å². The molecule has 4 aromatic rings. The fourth-order valence-corrected chi connectivity index (χ4v) is 2.94. The molecule has 9 heteroatoms. The van der Waals surface area contributed by atoms with Crippen molar-refractivity contribution in [3.63, 3.8) is 0 Å². The van der Waals surface area contributed by atoms with E-state index in [1.54, 1.807) is 18.2 Å². The molecule has 0 spiro atoms. The minimum Gasteiger partial charge on any atom is -0.423 e. The smallest absolute Gasteiger partial charge is 0.423 e. The number of aryl methyl sites for hydroxylation is 1. The van der Waals surface area contributed by atoms with E-state index in [0.29, 0.717) is 41.7 Å². The highest BCUT2D eigenvalue weighted by Crippen LogP contribution is 2.24. The van der Waals surface area contributed by atoms with Crippen LogP contribution in [-0.2, 0) is 13.0 Å². The van der Waals surface area contributed by atoms with E-state index in [2.05, 4.69) is 30.5 Å². The highest BCUT2D eigenvalue weighted by atomic mass is 16.4. The lowest BCUT2D eigenvalue weighted by atomic mass is 9.80. The molecule has 0 unspecified atom stereocenters. The van der Waals surface area contributed by atoms with Crippen molar-refractivity contribution in [2.75, 3.05) is 5.32 Å². The quantitative estimate of drug-likeness (QED) is 0.375. The molecular weight excluding hydrogens is 355 g/mol. The van der Waals surface area contributed by atoms with Crippen molar-refractivity contribution in [3.05, 3.63) is 59.9 Å². The van der Waals surface area contributed by atoms with Crippen LogP contribution in [0.25, 0.3) is 22.4 Å². The van der Waals surface area contributed by atoms with Crippen molar-refractivity contribution in [1.29, 1.82) is 0 Å². The second kappa shape index (κ2) is 7.75. The maximum Gasteiger partial charge on any atom is 0.488 e. The summed E-state index contributed by atoms with van der Waals surface area (Å²) < 4.78 is 0.